The highest BCUT2D eigenvalue weighted by Gasteiger charge is 2.46. The zero-order valence-corrected chi connectivity index (χ0v) is 21.4. The SMILES string of the molecule is O=C(c1cnc(OC2CCOCC2)c(C2CC2)c1)N1C[C@@H]2CN(C(=O)C3CCC4NNNC4C3)C[C@H]2C1. The molecular weight excluding hydrogens is 472 g/mol. The predicted molar refractivity (Wildman–Crippen MR) is 134 cm³/mol. The van der Waals surface area contributed by atoms with Crippen LogP contribution in [0.5, 0.6) is 5.88 Å². The van der Waals surface area contributed by atoms with Crippen LogP contribution < -0.4 is 21.1 Å². The van der Waals surface area contributed by atoms with Gasteiger partial charge in [-0.25, -0.2) is 15.8 Å². The Labute approximate surface area is 217 Å². The third-order valence-electron chi connectivity index (χ3n) is 9.39. The van der Waals surface area contributed by atoms with Crippen molar-refractivity contribution in [3.8, 4) is 5.88 Å². The van der Waals surface area contributed by atoms with Crippen LogP contribution >= 0.6 is 0 Å². The summed E-state index contributed by atoms with van der Waals surface area (Å²) in [4.78, 5) is 35.4. The van der Waals surface area contributed by atoms with E-state index >= 15 is 0 Å². The molecule has 0 aromatic carbocycles. The average Bonchev–Trinajstić information content (AvgIpc) is 3.33. The summed E-state index contributed by atoms with van der Waals surface area (Å²) < 4.78 is 11.7. The van der Waals surface area contributed by atoms with Crippen molar-refractivity contribution in [1.82, 2.24) is 31.2 Å². The van der Waals surface area contributed by atoms with Crippen molar-refractivity contribution in [1.29, 1.82) is 0 Å². The van der Waals surface area contributed by atoms with Gasteiger partial charge in [-0.2, -0.15) is 5.53 Å². The molecule has 0 bridgehead atoms. The standard InChI is InChI=1S/C27H38N6O4/c34-26(17-3-4-23-24(10-17)30-31-29-23)32-12-19-14-33(15-20(19)13-32)27(35)18-9-22(16-1-2-16)25(28-11-18)37-21-5-7-36-8-6-21/h9,11,16-17,19-21,23-24,29-31H,1-8,10,12-15H2/t17?,19-,20-,23?,24?/m0/s1. The Morgan fingerprint density at radius 1 is 0.919 bits per heavy atom. The number of carbonyl (C=O) groups excluding carboxylic acids is 2. The molecule has 37 heavy (non-hydrogen) atoms. The van der Waals surface area contributed by atoms with Crippen LogP contribution in [-0.4, -0.2) is 84.2 Å². The van der Waals surface area contributed by atoms with Gasteiger partial charge in [0.15, 0.2) is 0 Å². The third-order valence-corrected chi connectivity index (χ3v) is 9.39. The van der Waals surface area contributed by atoms with Crippen LogP contribution in [-0.2, 0) is 9.53 Å². The molecule has 1 aromatic heterocycles. The fourth-order valence-electron chi connectivity index (χ4n) is 7.06. The van der Waals surface area contributed by atoms with E-state index in [1.807, 2.05) is 11.0 Å². The highest BCUT2D eigenvalue weighted by Crippen LogP contribution is 2.44. The van der Waals surface area contributed by atoms with Crippen LogP contribution in [0.2, 0.25) is 0 Å². The zero-order chi connectivity index (χ0) is 24.9. The number of nitrogens with zero attached hydrogens (tertiary/aromatic N) is 3. The van der Waals surface area contributed by atoms with Crippen LogP contribution in [0, 0.1) is 17.8 Å². The summed E-state index contributed by atoms with van der Waals surface area (Å²) in [5.74, 6) is 2.34. The van der Waals surface area contributed by atoms with E-state index in [4.69, 9.17) is 9.47 Å². The van der Waals surface area contributed by atoms with E-state index in [1.54, 1.807) is 6.20 Å². The molecular formula is C27H38N6O4. The fraction of sp³-hybridized carbons (Fsp3) is 0.741. The maximum absolute atomic E-state index is 13.5. The molecule has 0 spiro atoms. The lowest BCUT2D eigenvalue weighted by Gasteiger charge is -2.32. The Kier molecular flexibility index (Phi) is 6.31. The van der Waals surface area contributed by atoms with E-state index in [2.05, 4.69) is 26.3 Å². The number of aromatic nitrogens is 1. The summed E-state index contributed by atoms with van der Waals surface area (Å²) in [7, 11) is 0. The second-order valence-electron chi connectivity index (χ2n) is 11.9. The van der Waals surface area contributed by atoms with Crippen LogP contribution in [0.25, 0.3) is 0 Å². The van der Waals surface area contributed by atoms with E-state index in [0.717, 1.165) is 89.9 Å². The number of amides is 2. The van der Waals surface area contributed by atoms with Crippen LogP contribution in [0.4, 0.5) is 0 Å². The first-order valence-electron chi connectivity index (χ1n) is 14.2. The number of carbonyl (C=O) groups is 2. The van der Waals surface area contributed by atoms with Gasteiger partial charge in [-0.1, -0.05) is 0 Å². The lowest BCUT2D eigenvalue weighted by molar-refractivity contribution is -0.136. The minimum absolute atomic E-state index is 0.0601. The summed E-state index contributed by atoms with van der Waals surface area (Å²) in [6.45, 7) is 4.44. The summed E-state index contributed by atoms with van der Waals surface area (Å²) in [6.07, 6.45) is 8.71. The summed E-state index contributed by atoms with van der Waals surface area (Å²) >= 11 is 0. The molecule has 200 valence electrons. The first-order chi connectivity index (χ1) is 18.1. The zero-order valence-electron chi connectivity index (χ0n) is 21.4. The van der Waals surface area contributed by atoms with E-state index in [-0.39, 0.29) is 17.9 Å². The van der Waals surface area contributed by atoms with Crippen molar-refractivity contribution in [2.75, 3.05) is 39.4 Å². The second kappa shape index (κ2) is 9.80. The lowest BCUT2D eigenvalue weighted by Crippen LogP contribution is -2.45. The van der Waals surface area contributed by atoms with Crippen molar-refractivity contribution in [3.63, 3.8) is 0 Å². The molecule has 1 aromatic rings. The normalized spacial score (nSPS) is 33.9. The first-order valence-corrected chi connectivity index (χ1v) is 14.2. The van der Waals surface area contributed by atoms with Crippen LogP contribution in [0.3, 0.4) is 0 Å². The van der Waals surface area contributed by atoms with Crippen molar-refractivity contribution in [3.05, 3.63) is 23.4 Å². The molecule has 2 saturated carbocycles. The highest BCUT2D eigenvalue weighted by molar-refractivity contribution is 5.94. The first kappa shape index (κ1) is 23.8. The molecule has 4 aliphatic heterocycles. The number of hydrazine groups is 2. The van der Waals surface area contributed by atoms with Crippen molar-refractivity contribution in [2.24, 2.45) is 17.8 Å². The number of pyridine rings is 1. The number of hydrogen-bond donors (Lipinski definition) is 3. The molecule has 6 fully saturated rings. The van der Waals surface area contributed by atoms with Gasteiger partial charge < -0.3 is 19.3 Å². The largest absolute Gasteiger partial charge is 0.474 e. The Morgan fingerprint density at radius 2 is 1.65 bits per heavy atom. The smallest absolute Gasteiger partial charge is 0.255 e. The molecule has 7 rings (SSSR count). The Balaban J connectivity index is 0.969. The molecule has 5 atom stereocenters. The molecule has 2 aliphatic carbocycles. The van der Waals surface area contributed by atoms with Crippen molar-refractivity contribution >= 4 is 11.8 Å². The number of nitrogens with one attached hydrogen (secondary N) is 3. The van der Waals surface area contributed by atoms with Gasteiger partial charge in [0.2, 0.25) is 11.8 Å². The molecule has 3 N–H and O–H groups in total. The number of likely N-dealkylation sites (tertiary alicyclic amines) is 2. The minimum Gasteiger partial charge on any atom is -0.474 e. The highest BCUT2D eigenvalue weighted by atomic mass is 16.5. The van der Waals surface area contributed by atoms with Gasteiger partial charge >= 0.3 is 0 Å². The summed E-state index contributed by atoms with van der Waals surface area (Å²) in [5, 5.41) is 0. The predicted octanol–water partition coefficient (Wildman–Crippen LogP) is 1.20. The fourth-order valence-corrected chi connectivity index (χ4v) is 7.06. The Morgan fingerprint density at radius 3 is 2.41 bits per heavy atom. The average molecular weight is 511 g/mol. The quantitative estimate of drug-likeness (QED) is 0.543. The van der Waals surface area contributed by atoms with Gasteiger partial charge in [0.1, 0.15) is 6.10 Å². The third kappa shape index (κ3) is 4.73. The Hall–Kier alpha value is -2.27. The Bertz CT molecular complexity index is 1030. The maximum Gasteiger partial charge on any atom is 0.255 e. The van der Waals surface area contributed by atoms with E-state index in [9.17, 15) is 9.59 Å². The second-order valence-corrected chi connectivity index (χ2v) is 11.9. The maximum atomic E-state index is 13.5. The molecule has 10 heteroatoms. The number of rotatable bonds is 5. The topological polar surface area (TPSA) is 108 Å². The van der Waals surface area contributed by atoms with E-state index in [1.165, 1.54) is 0 Å². The summed E-state index contributed by atoms with van der Waals surface area (Å²) in [6, 6.07) is 2.77. The summed E-state index contributed by atoms with van der Waals surface area (Å²) in [5.41, 5.74) is 11.3. The van der Waals surface area contributed by atoms with Gasteiger partial charge in [-0.05, 0) is 44.1 Å². The monoisotopic (exact) mass is 510 g/mol. The van der Waals surface area contributed by atoms with Crippen LogP contribution in [0.1, 0.15) is 66.8 Å². The number of hydrogen-bond acceptors (Lipinski definition) is 8. The molecule has 2 amide bonds. The van der Waals surface area contributed by atoms with Gasteiger partial charge in [0.05, 0.1) is 18.8 Å². The van der Waals surface area contributed by atoms with Gasteiger partial charge in [0.25, 0.3) is 5.91 Å². The molecule has 4 saturated heterocycles. The lowest BCUT2D eigenvalue weighted by atomic mass is 9.82. The number of ether oxygens (including phenoxy) is 2. The van der Waals surface area contributed by atoms with Crippen LogP contribution in [0.15, 0.2) is 12.3 Å². The molecule has 5 heterocycles. The van der Waals surface area contributed by atoms with Gasteiger partial charge in [-0.15, -0.1) is 0 Å². The van der Waals surface area contributed by atoms with E-state index < -0.39 is 0 Å². The molecule has 0 radical (unpaired) electrons. The molecule has 3 unspecified atom stereocenters. The van der Waals surface area contributed by atoms with Crippen molar-refractivity contribution in [2.45, 2.75) is 69.1 Å². The minimum atomic E-state index is 0.0601. The van der Waals surface area contributed by atoms with Gasteiger partial charge in [0, 0.05) is 80.6 Å². The van der Waals surface area contributed by atoms with Gasteiger partial charge in [-0.3, -0.25) is 9.59 Å². The van der Waals surface area contributed by atoms with Crippen molar-refractivity contribution < 1.29 is 19.1 Å². The molecule has 6 aliphatic rings. The van der Waals surface area contributed by atoms with E-state index in [0.29, 0.717) is 47.2 Å². The molecule has 10 nitrogen and oxygen atoms in total. The number of fused-ring (bicyclic) bond motifs is 2.